The number of nitrogens with zero attached hydrogens (tertiary/aromatic N) is 3. The first-order chi connectivity index (χ1) is 12.6. The normalized spacial score (nSPS) is 27.8. The third-order valence-electron chi connectivity index (χ3n) is 7.14. The van der Waals surface area contributed by atoms with Crippen LogP contribution in [0.3, 0.4) is 0 Å². The third kappa shape index (κ3) is 3.15. The van der Waals surface area contributed by atoms with E-state index in [1.807, 2.05) is 0 Å². The largest absolute Gasteiger partial charge is 0.314 e. The maximum atomic E-state index is 4.71. The fourth-order valence-corrected chi connectivity index (χ4v) is 5.79. The molecule has 3 aliphatic rings. The standard InChI is InChI=1S/C22H30BrN3/c1-3-4-5-9-21-10-13-22(14-11-21,15-12-21)20-25-24-19(26(20)2)17-7-6-8-18(23)16-17/h6-8,16H,3-5,9-15H2,1-2H3. The second-order valence-electron chi connectivity index (χ2n) is 8.65. The molecule has 2 aromatic rings. The lowest BCUT2D eigenvalue weighted by atomic mass is 9.52. The lowest BCUT2D eigenvalue weighted by Gasteiger charge is -2.53. The van der Waals surface area contributed by atoms with Crippen LogP contribution in [-0.4, -0.2) is 14.8 Å². The van der Waals surface area contributed by atoms with Crippen LogP contribution in [0.15, 0.2) is 28.7 Å². The van der Waals surface area contributed by atoms with Crippen molar-refractivity contribution in [1.29, 1.82) is 0 Å². The Labute approximate surface area is 165 Å². The first-order valence-corrected chi connectivity index (χ1v) is 11.0. The number of benzene rings is 1. The minimum atomic E-state index is 0.262. The zero-order valence-electron chi connectivity index (χ0n) is 16.1. The topological polar surface area (TPSA) is 30.7 Å². The van der Waals surface area contributed by atoms with E-state index < -0.39 is 0 Å². The quantitative estimate of drug-likeness (QED) is 0.509. The van der Waals surface area contributed by atoms with Gasteiger partial charge in [0, 0.05) is 22.5 Å². The van der Waals surface area contributed by atoms with Crippen LogP contribution in [0.25, 0.3) is 11.4 Å². The minimum absolute atomic E-state index is 0.262. The molecule has 140 valence electrons. The van der Waals surface area contributed by atoms with Crippen molar-refractivity contribution in [2.45, 2.75) is 76.5 Å². The summed E-state index contributed by atoms with van der Waals surface area (Å²) in [6.07, 6.45) is 13.6. The van der Waals surface area contributed by atoms with Gasteiger partial charge in [-0.3, -0.25) is 0 Å². The Bertz CT molecular complexity index is 755. The summed E-state index contributed by atoms with van der Waals surface area (Å²) in [5, 5.41) is 9.29. The van der Waals surface area contributed by atoms with Crippen molar-refractivity contribution in [2.24, 2.45) is 12.5 Å². The van der Waals surface area contributed by atoms with Crippen LogP contribution in [0.1, 0.15) is 77.0 Å². The van der Waals surface area contributed by atoms with E-state index in [4.69, 9.17) is 5.10 Å². The van der Waals surface area contributed by atoms with E-state index in [9.17, 15) is 0 Å². The van der Waals surface area contributed by atoms with Gasteiger partial charge in [-0.1, -0.05) is 54.2 Å². The van der Waals surface area contributed by atoms with Gasteiger partial charge in [0.2, 0.25) is 0 Å². The number of aromatic nitrogens is 3. The Kier molecular flexibility index (Phi) is 4.98. The van der Waals surface area contributed by atoms with Gasteiger partial charge in [-0.05, 0) is 62.5 Å². The summed E-state index contributed by atoms with van der Waals surface area (Å²) in [7, 11) is 2.15. The van der Waals surface area contributed by atoms with Gasteiger partial charge in [-0.15, -0.1) is 10.2 Å². The van der Waals surface area contributed by atoms with Gasteiger partial charge in [0.15, 0.2) is 5.82 Å². The minimum Gasteiger partial charge on any atom is -0.314 e. The Morgan fingerprint density at radius 1 is 1.04 bits per heavy atom. The molecule has 3 aliphatic carbocycles. The van der Waals surface area contributed by atoms with E-state index in [-0.39, 0.29) is 5.41 Å². The molecular formula is C22H30BrN3. The number of fused-ring (bicyclic) bond motifs is 3. The molecule has 5 rings (SSSR count). The molecule has 3 fully saturated rings. The fraction of sp³-hybridized carbons (Fsp3) is 0.636. The van der Waals surface area contributed by atoms with E-state index in [1.54, 1.807) is 0 Å². The average molecular weight is 416 g/mol. The average Bonchev–Trinajstić information content (AvgIpc) is 3.06. The van der Waals surface area contributed by atoms with E-state index in [1.165, 1.54) is 70.0 Å². The van der Waals surface area contributed by atoms with Crippen molar-refractivity contribution in [1.82, 2.24) is 14.8 Å². The highest BCUT2D eigenvalue weighted by Crippen LogP contribution is 2.59. The molecule has 0 radical (unpaired) electrons. The van der Waals surface area contributed by atoms with Crippen molar-refractivity contribution in [3.8, 4) is 11.4 Å². The predicted molar refractivity (Wildman–Crippen MR) is 110 cm³/mol. The Morgan fingerprint density at radius 2 is 1.77 bits per heavy atom. The third-order valence-corrected chi connectivity index (χ3v) is 7.64. The second kappa shape index (κ2) is 7.10. The summed E-state index contributed by atoms with van der Waals surface area (Å²) in [6, 6.07) is 8.38. The van der Waals surface area contributed by atoms with E-state index in [0.717, 1.165) is 15.9 Å². The maximum Gasteiger partial charge on any atom is 0.163 e. The molecule has 0 unspecified atom stereocenters. The van der Waals surface area contributed by atoms with Crippen molar-refractivity contribution in [3.63, 3.8) is 0 Å². The summed E-state index contributed by atoms with van der Waals surface area (Å²) in [5.74, 6) is 2.20. The van der Waals surface area contributed by atoms with Gasteiger partial charge < -0.3 is 4.57 Å². The van der Waals surface area contributed by atoms with Gasteiger partial charge in [-0.2, -0.15) is 0 Å². The molecule has 3 saturated carbocycles. The number of rotatable bonds is 6. The van der Waals surface area contributed by atoms with Crippen molar-refractivity contribution in [3.05, 3.63) is 34.6 Å². The first-order valence-electron chi connectivity index (χ1n) is 10.2. The molecule has 26 heavy (non-hydrogen) atoms. The van der Waals surface area contributed by atoms with Crippen molar-refractivity contribution >= 4 is 15.9 Å². The second-order valence-corrected chi connectivity index (χ2v) is 9.57. The van der Waals surface area contributed by atoms with Crippen LogP contribution in [0, 0.1) is 5.41 Å². The van der Waals surface area contributed by atoms with Crippen LogP contribution in [0.2, 0.25) is 0 Å². The highest BCUT2D eigenvalue weighted by Gasteiger charge is 2.51. The molecule has 1 aromatic heterocycles. The van der Waals surface area contributed by atoms with E-state index in [2.05, 4.69) is 63.8 Å². The molecule has 0 amide bonds. The SMILES string of the molecule is CCCCCC12CCC(c3nnc(-c4cccc(Br)c4)n3C)(CC1)CC2. The van der Waals surface area contributed by atoms with Crippen LogP contribution >= 0.6 is 15.9 Å². The monoisotopic (exact) mass is 415 g/mol. The summed E-state index contributed by atoms with van der Waals surface area (Å²) in [4.78, 5) is 0. The summed E-state index contributed by atoms with van der Waals surface area (Å²) < 4.78 is 3.35. The summed E-state index contributed by atoms with van der Waals surface area (Å²) in [6.45, 7) is 2.31. The Morgan fingerprint density at radius 3 is 2.42 bits per heavy atom. The molecule has 1 aromatic carbocycles. The molecule has 4 heteroatoms. The molecule has 0 atom stereocenters. The number of hydrogen-bond donors (Lipinski definition) is 0. The van der Waals surface area contributed by atoms with Crippen LogP contribution in [0.4, 0.5) is 0 Å². The molecule has 0 spiro atoms. The van der Waals surface area contributed by atoms with Crippen molar-refractivity contribution in [2.75, 3.05) is 0 Å². The van der Waals surface area contributed by atoms with Crippen LogP contribution < -0.4 is 0 Å². The number of halogens is 1. The Hall–Kier alpha value is -1.16. The van der Waals surface area contributed by atoms with E-state index in [0.29, 0.717) is 5.41 Å². The molecule has 0 saturated heterocycles. The summed E-state index contributed by atoms with van der Waals surface area (Å²) in [5.41, 5.74) is 2.04. The number of hydrogen-bond acceptors (Lipinski definition) is 2. The van der Waals surface area contributed by atoms with Crippen LogP contribution in [-0.2, 0) is 12.5 Å². The van der Waals surface area contributed by atoms with Crippen LogP contribution in [0.5, 0.6) is 0 Å². The molecular weight excluding hydrogens is 386 g/mol. The van der Waals surface area contributed by atoms with Gasteiger partial charge in [0.1, 0.15) is 5.82 Å². The van der Waals surface area contributed by atoms with Crippen molar-refractivity contribution < 1.29 is 0 Å². The fourth-order valence-electron chi connectivity index (χ4n) is 5.39. The highest BCUT2D eigenvalue weighted by molar-refractivity contribution is 9.10. The molecule has 0 N–H and O–H groups in total. The lowest BCUT2D eigenvalue weighted by Crippen LogP contribution is -2.45. The smallest absolute Gasteiger partial charge is 0.163 e. The highest BCUT2D eigenvalue weighted by atomic mass is 79.9. The maximum absolute atomic E-state index is 4.71. The first kappa shape index (κ1) is 18.2. The predicted octanol–water partition coefficient (Wildman–Crippen LogP) is 6.42. The molecule has 3 nitrogen and oxygen atoms in total. The van der Waals surface area contributed by atoms with Gasteiger partial charge in [0.25, 0.3) is 0 Å². The van der Waals surface area contributed by atoms with Gasteiger partial charge in [-0.25, -0.2) is 0 Å². The lowest BCUT2D eigenvalue weighted by molar-refractivity contribution is 0.0250. The zero-order valence-corrected chi connectivity index (χ0v) is 17.7. The molecule has 2 bridgehead atoms. The van der Waals surface area contributed by atoms with Gasteiger partial charge >= 0.3 is 0 Å². The molecule has 0 aliphatic heterocycles. The van der Waals surface area contributed by atoms with Gasteiger partial charge in [0.05, 0.1) is 0 Å². The van der Waals surface area contributed by atoms with E-state index >= 15 is 0 Å². The summed E-state index contributed by atoms with van der Waals surface area (Å²) >= 11 is 3.57. The molecule has 1 heterocycles. The Balaban J connectivity index is 1.55. The zero-order chi connectivity index (χ0) is 18.2. The number of unbranched alkanes of at least 4 members (excludes halogenated alkanes) is 2.